The first-order valence-corrected chi connectivity index (χ1v) is 10.5. The topological polar surface area (TPSA) is 66.5 Å². The van der Waals surface area contributed by atoms with Crippen LogP contribution in [0.3, 0.4) is 0 Å². The number of likely N-dealkylation sites (N-methyl/N-ethyl adjacent to an activating group) is 1. The highest BCUT2D eigenvalue weighted by Crippen LogP contribution is 2.50. The second kappa shape index (κ2) is 9.58. The Morgan fingerprint density at radius 2 is 2.00 bits per heavy atom. The molecule has 0 fully saturated rings. The van der Waals surface area contributed by atoms with Crippen LogP contribution >= 0.6 is 0 Å². The van der Waals surface area contributed by atoms with Gasteiger partial charge in [-0.05, 0) is 49.2 Å². The lowest BCUT2D eigenvalue weighted by atomic mass is 9.87. The molecular formula is C24H29NO6. The van der Waals surface area contributed by atoms with E-state index in [1.807, 2.05) is 30.3 Å². The van der Waals surface area contributed by atoms with Gasteiger partial charge >= 0.3 is 0 Å². The van der Waals surface area contributed by atoms with Crippen LogP contribution < -0.4 is 18.9 Å². The number of nitrogens with zero attached hydrogens (tertiary/aromatic N) is 1. The van der Waals surface area contributed by atoms with Gasteiger partial charge in [-0.3, -0.25) is 9.69 Å². The molecule has 0 N–H and O–H groups in total. The highest BCUT2D eigenvalue weighted by atomic mass is 16.7. The first-order valence-electron chi connectivity index (χ1n) is 10.5. The monoisotopic (exact) mass is 427 g/mol. The van der Waals surface area contributed by atoms with Crippen LogP contribution in [0.15, 0.2) is 30.3 Å². The number of ether oxygens (including phenoxy) is 5. The van der Waals surface area contributed by atoms with E-state index in [2.05, 4.69) is 11.9 Å². The van der Waals surface area contributed by atoms with Crippen LogP contribution in [0.2, 0.25) is 0 Å². The van der Waals surface area contributed by atoms with Gasteiger partial charge in [0, 0.05) is 38.1 Å². The van der Waals surface area contributed by atoms with Gasteiger partial charge in [0.25, 0.3) is 0 Å². The molecular weight excluding hydrogens is 398 g/mol. The van der Waals surface area contributed by atoms with Gasteiger partial charge in [0.15, 0.2) is 18.3 Å². The van der Waals surface area contributed by atoms with Crippen molar-refractivity contribution in [3.63, 3.8) is 0 Å². The van der Waals surface area contributed by atoms with Crippen molar-refractivity contribution >= 4 is 5.78 Å². The predicted octanol–water partition coefficient (Wildman–Crippen LogP) is 3.53. The van der Waals surface area contributed by atoms with Gasteiger partial charge in [-0.1, -0.05) is 12.1 Å². The predicted molar refractivity (Wildman–Crippen MR) is 115 cm³/mol. The molecule has 0 saturated heterocycles. The summed E-state index contributed by atoms with van der Waals surface area (Å²) in [6.45, 7) is 1.30. The van der Waals surface area contributed by atoms with Crippen molar-refractivity contribution in [2.45, 2.75) is 31.7 Å². The Bertz CT molecular complexity index is 927. The first kappa shape index (κ1) is 21.5. The largest absolute Gasteiger partial charge is 0.492 e. The van der Waals surface area contributed by atoms with Gasteiger partial charge in [0.05, 0.1) is 7.11 Å². The van der Waals surface area contributed by atoms with Gasteiger partial charge in [-0.25, -0.2) is 0 Å². The Morgan fingerprint density at radius 1 is 1.19 bits per heavy atom. The summed E-state index contributed by atoms with van der Waals surface area (Å²) >= 11 is 0. The number of fused-ring (bicyclic) bond motifs is 2. The fourth-order valence-electron chi connectivity index (χ4n) is 4.26. The average Bonchev–Trinajstić information content (AvgIpc) is 3.25. The molecule has 0 spiro atoms. The minimum absolute atomic E-state index is 0.0366. The summed E-state index contributed by atoms with van der Waals surface area (Å²) in [6, 6.07) is 9.78. The number of ketones is 1. The quantitative estimate of drug-likeness (QED) is 0.567. The fourth-order valence-corrected chi connectivity index (χ4v) is 4.26. The number of hydrogen-bond acceptors (Lipinski definition) is 7. The number of rotatable bonds is 9. The number of Topliss-reactive ketones (excluding diaryl/α,β-unsaturated/α-hetero) is 1. The average molecular weight is 427 g/mol. The molecule has 4 rings (SSSR count). The third-order valence-corrected chi connectivity index (χ3v) is 5.93. The van der Waals surface area contributed by atoms with Crippen LogP contribution in [0, 0.1) is 0 Å². The van der Waals surface area contributed by atoms with E-state index < -0.39 is 0 Å². The second-order valence-electron chi connectivity index (χ2n) is 7.90. The molecule has 0 bridgehead atoms. The zero-order valence-electron chi connectivity index (χ0n) is 18.3. The van der Waals surface area contributed by atoms with Crippen LogP contribution in [0.5, 0.6) is 23.0 Å². The number of benzene rings is 2. The normalized spacial score (nSPS) is 17.3. The summed E-state index contributed by atoms with van der Waals surface area (Å²) < 4.78 is 27.3. The lowest BCUT2D eigenvalue weighted by Gasteiger charge is -2.35. The lowest BCUT2D eigenvalue weighted by molar-refractivity contribution is -0.120. The molecule has 1 atom stereocenters. The van der Waals surface area contributed by atoms with Crippen LogP contribution in [0.4, 0.5) is 0 Å². The van der Waals surface area contributed by atoms with Gasteiger partial charge in [-0.15, -0.1) is 0 Å². The molecule has 2 heterocycles. The van der Waals surface area contributed by atoms with E-state index in [0.29, 0.717) is 30.8 Å². The number of carbonyl (C=O) groups excluding carboxylic acids is 1. The zero-order valence-corrected chi connectivity index (χ0v) is 18.3. The van der Waals surface area contributed by atoms with Crippen molar-refractivity contribution in [2.24, 2.45) is 0 Å². The highest BCUT2D eigenvalue weighted by Gasteiger charge is 2.34. The van der Waals surface area contributed by atoms with E-state index in [1.165, 1.54) is 5.56 Å². The first-order chi connectivity index (χ1) is 15.1. The number of hydrogen-bond donors (Lipinski definition) is 0. The van der Waals surface area contributed by atoms with E-state index in [4.69, 9.17) is 23.7 Å². The molecule has 0 amide bonds. The van der Waals surface area contributed by atoms with E-state index in [-0.39, 0.29) is 25.4 Å². The highest BCUT2D eigenvalue weighted by molar-refractivity contribution is 5.80. The fraction of sp³-hybridized carbons (Fsp3) is 0.458. The van der Waals surface area contributed by atoms with Gasteiger partial charge in [-0.2, -0.15) is 0 Å². The van der Waals surface area contributed by atoms with E-state index >= 15 is 0 Å². The maximum atomic E-state index is 12.9. The third-order valence-electron chi connectivity index (χ3n) is 5.93. The summed E-state index contributed by atoms with van der Waals surface area (Å²) in [6.07, 6.45) is 2.52. The zero-order chi connectivity index (χ0) is 21.8. The van der Waals surface area contributed by atoms with E-state index in [9.17, 15) is 4.79 Å². The van der Waals surface area contributed by atoms with Crippen LogP contribution in [0.25, 0.3) is 0 Å². The van der Waals surface area contributed by atoms with Gasteiger partial charge < -0.3 is 23.7 Å². The molecule has 1 unspecified atom stereocenters. The molecule has 31 heavy (non-hydrogen) atoms. The SMILES string of the molecule is COCOc1ccc(CCC(=O)CC2c3c(cc4c(c3OC)OCO4)CCN2C)cc1. The van der Waals surface area contributed by atoms with Crippen molar-refractivity contribution in [1.29, 1.82) is 0 Å². The Hall–Kier alpha value is -2.77. The van der Waals surface area contributed by atoms with Crippen molar-refractivity contribution in [3.8, 4) is 23.0 Å². The maximum Gasteiger partial charge on any atom is 0.231 e. The molecule has 2 aromatic rings. The van der Waals surface area contributed by atoms with Crippen molar-refractivity contribution in [1.82, 2.24) is 4.90 Å². The maximum absolute atomic E-state index is 12.9. The molecule has 0 radical (unpaired) electrons. The summed E-state index contributed by atoms with van der Waals surface area (Å²) in [4.78, 5) is 15.1. The van der Waals surface area contributed by atoms with Gasteiger partial charge in [0.1, 0.15) is 11.5 Å². The molecule has 7 nitrogen and oxygen atoms in total. The van der Waals surface area contributed by atoms with Crippen molar-refractivity contribution in [2.75, 3.05) is 41.4 Å². The molecule has 2 aromatic carbocycles. The number of methoxy groups -OCH3 is 2. The van der Waals surface area contributed by atoms with Crippen LogP contribution in [-0.4, -0.2) is 52.1 Å². The number of carbonyl (C=O) groups is 1. The summed E-state index contributed by atoms with van der Waals surface area (Å²) in [5, 5.41) is 0. The minimum atomic E-state index is -0.0366. The molecule has 0 aromatic heterocycles. The van der Waals surface area contributed by atoms with Crippen LogP contribution in [0.1, 0.15) is 35.6 Å². The van der Waals surface area contributed by atoms with Gasteiger partial charge in [0.2, 0.25) is 12.5 Å². The third kappa shape index (κ3) is 4.62. The Kier molecular flexibility index (Phi) is 6.63. The molecule has 166 valence electrons. The Balaban J connectivity index is 1.44. The molecule has 7 heteroatoms. The van der Waals surface area contributed by atoms with Crippen molar-refractivity contribution in [3.05, 3.63) is 47.0 Å². The Labute approximate surface area is 182 Å². The van der Waals surface area contributed by atoms with Crippen molar-refractivity contribution < 1.29 is 28.5 Å². The van der Waals surface area contributed by atoms with E-state index in [1.54, 1.807) is 14.2 Å². The van der Waals surface area contributed by atoms with E-state index in [0.717, 1.165) is 35.6 Å². The number of aryl methyl sites for hydroxylation is 1. The summed E-state index contributed by atoms with van der Waals surface area (Å²) in [5.74, 6) is 3.04. The summed E-state index contributed by atoms with van der Waals surface area (Å²) in [5.41, 5.74) is 3.33. The summed E-state index contributed by atoms with van der Waals surface area (Å²) in [7, 11) is 5.29. The Morgan fingerprint density at radius 3 is 2.74 bits per heavy atom. The molecule has 2 aliphatic rings. The molecule has 0 saturated carbocycles. The second-order valence-corrected chi connectivity index (χ2v) is 7.90. The smallest absolute Gasteiger partial charge is 0.231 e. The standard InChI is InChI=1S/C24H29NO6/c1-25-11-10-17-12-21-23(31-15-30-21)24(28-3)22(17)20(25)13-18(26)7-4-16-5-8-19(9-6-16)29-14-27-2/h5-6,8-9,12,20H,4,7,10-11,13-15H2,1-3H3. The van der Waals surface area contributed by atoms with Crippen LogP contribution in [-0.2, 0) is 22.4 Å². The molecule has 2 aliphatic heterocycles. The lowest BCUT2D eigenvalue weighted by Crippen LogP contribution is -2.34. The molecule has 0 aliphatic carbocycles. The minimum Gasteiger partial charge on any atom is -0.492 e.